The van der Waals surface area contributed by atoms with Gasteiger partial charge in [-0.2, -0.15) is 5.26 Å². The highest BCUT2D eigenvalue weighted by Gasteiger charge is 2.17. The number of anilines is 1. The molecular formula is C14H15N5S2. The van der Waals surface area contributed by atoms with Crippen molar-refractivity contribution in [2.45, 2.75) is 35.0 Å². The first-order chi connectivity index (χ1) is 10.2. The number of aryl methyl sites for hydroxylation is 2. The monoisotopic (exact) mass is 317 g/mol. The molecule has 0 unspecified atom stereocenters. The van der Waals surface area contributed by atoms with Crippen LogP contribution in [0.15, 0.2) is 15.4 Å². The predicted molar refractivity (Wildman–Crippen MR) is 84.0 cm³/mol. The highest BCUT2D eigenvalue weighted by molar-refractivity contribution is 8.01. The molecule has 2 heterocycles. The van der Waals surface area contributed by atoms with Gasteiger partial charge < -0.3 is 4.90 Å². The van der Waals surface area contributed by atoms with E-state index < -0.39 is 0 Å². The maximum absolute atomic E-state index is 9.35. The maximum atomic E-state index is 9.35. The lowest BCUT2D eigenvalue weighted by atomic mass is 9.95. The molecule has 0 aromatic carbocycles. The Balaban J connectivity index is 1.92. The number of rotatable bonds is 3. The third kappa shape index (κ3) is 3.01. The third-order valence-corrected chi connectivity index (χ3v) is 5.50. The molecule has 0 saturated heterocycles. The molecule has 5 nitrogen and oxygen atoms in total. The van der Waals surface area contributed by atoms with Gasteiger partial charge in [-0.15, -0.1) is 10.2 Å². The van der Waals surface area contributed by atoms with Crippen LogP contribution < -0.4 is 4.90 Å². The van der Waals surface area contributed by atoms with E-state index in [1.165, 1.54) is 41.5 Å². The Labute approximate surface area is 132 Å². The van der Waals surface area contributed by atoms with Gasteiger partial charge in [-0.1, -0.05) is 11.3 Å². The van der Waals surface area contributed by atoms with Gasteiger partial charge in [0.2, 0.25) is 5.13 Å². The van der Waals surface area contributed by atoms with Crippen molar-refractivity contribution < 1.29 is 0 Å². The minimum Gasteiger partial charge on any atom is -0.353 e. The Morgan fingerprint density at radius 2 is 2.10 bits per heavy atom. The molecule has 0 N–H and O–H groups in total. The van der Waals surface area contributed by atoms with E-state index in [2.05, 4.69) is 16.3 Å². The summed E-state index contributed by atoms with van der Waals surface area (Å²) in [6, 6.07) is 4.26. The second-order valence-corrected chi connectivity index (χ2v) is 7.30. The summed E-state index contributed by atoms with van der Waals surface area (Å²) in [4.78, 5) is 6.62. The number of nitriles is 1. The summed E-state index contributed by atoms with van der Waals surface area (Å²) in [5.74, 6) is 0. The smallest absolute Gasteiger partial charge is 0.208 e. The van der Waals surface area contributed by atoms with E-state index in [9.17, 15) is 5.26 Å². The van der Waals surface area contributed by atoms with Gasteiger partial charge in [0, 0.05) is 19.8 Å². The third-order valence-electron chi connectivity index (χ3n) is 3.35. The number of aromatic nitrogens is 3. The van der Waals surface area contributed by atoms with Crippen LogP contribution in [0.3, 0.4) is 0 Å². The van der Waals surface area contributed by atoms with Gasteiger partial charge in [0.05, 0.1) is 5.56 Å². The quantitative estimate of drug-likeness (QED) is 0.867. The number of pyridine rings is 1. The molecule has 1 aliphatic rings. The molecule has 3 rings (SSSR count). The lowest BCUT2D eigenvalue weighted by Crippen LogP contribution is -2.07. The van der Waals surface area contributed by atoms with E-state index >= 15 is 0 Å². The van der Waals surface area contributed by atoms with Crippen LogP contribution in [0.1, 0.15) is 29.7 Å². The standard InChI is InChI=1S/C14H15N5S2/c1-19(2)13-17-18-14(21-13)20-12-10(8-15)7-9-5-3-4-6-11(9)16-12/h7H,3-6H2,1-2H3. The molecule has 0 radical (unpaired) electrons. The molecule has 21 heavy (non-hydrogen) atoms. The first-order valence-electron chi connectivity index (χ1n) is 6.79. The normalized spacial score (nSPS) is 13.6. The van der Waals surface area contributed by atoms with Gasteiger partial charge in [-0.25, -0.2) is 4.98 Å². The largest absolute Gasteiger partial charge is 0.353 e. The van der Waals surface area contributed by atoms with Crippen molar-refractivity contribution in [1.29, 1.82) is 5.26 Å². The predicted octanol–water partition coefficient (Wildman–Crippen LogP) is 2.90. The van der Waals surface area contributed by atoms with E-state index in [1.807, 2.05) is 25.1 Å². The molecule has 108 valence electrons. The minimum atomic E-state index is 0.641. The fourth-order valence-corrected chi connectivity index (χ4v) is 4.03. The Bertz CT molecular complexity index is 702. The lowest BCUT2D eigenvalue weighted by Gasteiger charge is -2.15. The molecule has 0 atom stereocenters. The lowest BCUT2D eigenvalue weighted by molar-refractivity contribution is 0.660. The Hall–Kier alpha value is -1.65. The molecule has 0 spiro atoms. The summed E-state index contributed by atoms with van der Waals surface area (Å²) in [5.41, 5.74) is 3.01. The molecule has 1 aliphatic carbocycles. The first-order valence-corrected chi connectivity index (χ1v) is 8.42. The van der Waals surface area contributed by atoms with Gasteiger partial charge in [-0.05, 0) is 49.1 Å². The molecular weight excluding hydrogens is 302 g/mol. The van der Waals surface area contributed by atoms with Crippen molar-refractivity contribution in [3.05, 3.63) is 22.9 Å². The van der Waals surface area contributed by atoms with E-state index in [1.54, 1.807) is 0 Å². The van der Waals surface area contributed by atoms with E-state index in [-0.39, 0.29) is 0 Å². The SMILES string of the molecule is CN(C)c1nnc(Sc2nc3c(cc2C#N)CCCC3)s1. The van der Waals surface area contributed by atoms with Gasteiger partial charge in [-0.3, -0.25) is 0 Å². The van der Waals surface area contributed by atoms with Crippen molar-refractivity contribution in [3.63, 3.8) is 0 Å². The van der Waals surface area contributed by atoms with Crippen LogP contribution in [0, 0.1) is 11.3 Å². The van der Waals surface area contributed by atoms with Crippen molar-refractivity contribution in [1.82, 2.24) is 15.2 Å². The molecule has 0 bridgehead atoms. The zero-order valence-corrected chi connectivity index (χ0v) is 13.6. The molecule has 0 amide bonds. The average molecular weight is 317 g/mol. The fraction of sp³-hybridized carbons (Fsp3) is 0.429. The second-order valence-electron chi connectivity index (χ2n) is 5.11. The summed E-state index contributed by atoms with van der Waals surface area (Å²) < 4.78 is 0.818. The van der Waals surface area contributed by atoms with E-state index in [0.717, 1.165) is 33.0 Å². The van der Waals surface area contributed by atoms with Crippen molar-refractivity contribution in [2.24, 2.45) is 0 Å². The van der Waals surface area contributed by atoms with Crippen LogP contribution >= 0.6 is 23.1 Å². The van der Waals surface area contributed by atoms with E-state index in [4.69, 9.17) is 4.98 Å². The van der Waals surface area contributed by atoms with Crippen LogP contribution in [0.5, 0.6) is 0 Å². The van der Waals surface area contributed by atoms with Crippen molar-refractivity contribution in [3.8, 4) is 6.07 Å². The topological polar surface area (TPSA) is 65.7 Å². The maximum Gasteiger partial charge on any atom is 0.208 e. The second kappa shape index (κ2) is 6.00. The molecule has 7 heteroatoms. The first kappa shape index (κ1) is 14.3. The zero-order valence-electron chi connectivity index (χ0n) is 12.0. The van der Waals surface area contributed by atoms with Crippen molar-refractivity contribution in [2.75, 3.05) is 19.0 Å². The van der Waals surface area contributed by atoms with Gasteiger partial charge in [0.1, 0.15) is 11.1 Å². The van der Waals surface area contributed by atoms with Crippen molar-refractivity contribution >= 4 is 28.2 Å². The number of hydrogen-bond donors (Lipinski definition) is 0. The number of fused-ring (bicyclic) bond motifs is 1. The summed E-state index contributed by atoms with van der Waals surface area (Å²) in [7, 11) is 3.87. The minimum absolute atomic E-state index is 0.641. The molecule has 0 fully saturated rings. The van der Waals surface area contributed by atoms with Crippen LogP contribution in [0.2, 0.25) is 0 Å². The summed E-state index contributed by atoms with van der Waals surface area (Å²) in [6.45, 7) is 0. The van der Waals surface area contributed by atoms with Gasteiger partial charge >= 0.3 is 0 Å². The Morgan fingerprint density at radius 3 is 2.81 bits per heavy atom. The Morgan fingerprint density at radius 1 is 1.29 bits per heavy atom. The Kier molecular flexibility index (Phi) is 4.08. The molecule has 0 saturated carbocycles. The number of hydrogen-bond acceptors (Lipinski definition) is 7. The summed E-state index contributed by atoms with van der Waals surface area (Å²) >= 11 is 2.94. The number of nitrogens with zero attached hydrogens (tertiary/aromatic N) is 5. The molecule has 0 aliphatic heterocycles. The van der Waals surface area contributed by atoms with E-state index in [0.29, 0.717) is 5.56 Å². The highest BCUT2D eigenvalue weighted by Crippen LogP contribution is 2.35. The zero-order chi connectivity index (χ0) is 14.8. The van der Waals surface area contributed by atoms with Crippen LogP contribution in [0.4, 0.5) is 5.13 Å². The average Bonchev–Trinajstić information content (AvgIpc) is 2.95. The van der Waals surface area contributed by atoms with Gasteiger partial charge in [0.15, 0.2) is 4.34 Å². The molecule has 2 aromatic rings. The van der Waals surface area contributed by atoms with Gasteiger partial charge in [0.25, 0.3) is 0 Å². The molecule has 2 aromatic heterocycles. The fourth-order valence-electron chi connectivity index (χ4n) is 2.28. The summed E-state index contributed by atoms with van der Waals surface area (Å²) in [5, 5.41) is 19.2. The van der Waals surface area contributed by atoms with Crippen LogP contribution in [0.25, 0.3) is 0 Å². The highest BCUT2D eigenvalue weighted by atomic mass is 32.2. The summed E-state index contributed by atoms with van der Waals surface area (Å²) in [6.07, 6.45) is 4.41. The van der Waals surface area contributed by atoms with Crippen LogP contribution in [-0.2, 0) is 12.8 Å². The van der Waals surface area contributed by atoms with Crippen LogP contribution in [-0.4, -0.2) is 29.3 Å².